The van der Waals surface area contributed by atoms with E-state index < -0.39 is 0 Å². The lowest BCUT2D eigenvalue weighted by Gasteiger charge is -2.09. The van der Waals surface area contributed by atoms with Crippen LogP contribution in [0.25, 0.3) is 0 Å². The lowest BCUT2D eigenvalue weighted by molar-refractivity contribution is 0.0917. The van der Waals surface area contributed by atoms with Crippen molar-refractivity contribution < 1.29 is 14.2 Å². The molecule has 0 aliphatic heterocycles. The van der Waals surface area contributed by atoms with Gasteiger partial charge in [0, 0.05) is 31.6 Å². The third-order valence-corrected chi connectivity index (χ3v) is 2.20. The molecular formula is C12H19NO3. The Bertz CT molecular complexity index is 315. The number of ether oxygens (including phenoxy) is 3. The summed E-state index contributed by atoms with van der Waals surface area (Å²) in [5, 5.41) is 0. The van der Waals surface area contributed by atoms with Crippen LogP contribution in [0, 0.1) is 0 Å². The zero-order chi connectivity index (χ0) is 11.8. The van der Waals surface area contributed by atoms with Gasteiger partial charge in [0.15, 0.2) is 0 Å². The molecule has 16 heavy (non-hydrogen) atoms. The number of nitrogen functional groups attached to an aromatic ring is 1. The largest absolute Gasteiger partial charge is 0.496 e. The minimum Gasteiger partial charge on any atom is -0.496 e. The number of nitrogens with two attached hydrogens (primary N) is 1. The lowest BCUT2D eigenvalue weighted by atomic mass is 10.2. The molecule has 0 amide bonds. The van der Waals surface area contributed by atoms with E-state index in [4.69, 9.17) is 19.9 Å². The van der Waals surface area contributed by atoms with Crippen LogP contribution >= 0.6 is 0 Å². The fraction of sp³-hybridized carbons (Fsp3) is 0.500. The molecule has 2 N–H and O–H groups in total. The first kappa shape index (κ1) is 12.8. The Kier molecular flexibility index (Phi) is 5.67. The van der Waals surface area contributed by atoms with Gasteiger partial charge in [-0.1, -0.05) is 0 Å². The number of hydrogen-bond donors (Lipinski definition) is 1. The lowest BCUT2D eigenvalue weighted by Crippen LogP contribution is -2.01. The summed E-state index contributed by atoms with van der Waals surface area (Å²) in [5.74, 6) is 0.806. The molecule has 1 aromatic rings. The van der Waals surface area contributed by atoms with Gasteiger partial charge in [-0.05, 0) is 24.6 Å². The monoisotopic (exact) mass is 225 g/mol. The van der Waals surface area contributed by atoms with E-state index in [1.165, 1.54) is 0 Å². The van der Waals surface area contributed by atoms with Crippen molar-refractivity contribution in [3.8, 4) is 5.75 Å². The highest BCUT2D eigenvalue weighted by atomic mass is 16.5. The number of benzene rings is 1. The second-order valence-corrected chi connectivity index (χ2v) is 3.47. The Balaban J connectivity index is 2.42. The van der Waals surface area contributed by atoms with E-state index in [1.54, 1.807) is 14.2 Å². The maximum atomic E-state index is 5.70. The molecule has 90 valence electrons. The van der Waals surface area contributed by atoms with Crippen LogP contribution in [-0.2, 0) is 16.1 Å². The number of anilines is 1. The first-order valence-corrected chi connectivity index (χ1v) is 5.27. The molecule has 0 fully saturated rings. The molecule has 0 spiro atoms. The van der Waals surface area contributed by atoms with Crippen molar-refractivity contribution >= 4 is 5.69 Å². The van der Waals surface area contributed by atoms with Gasteiger partial charge in [0.2, 0.25) is 0 Å². The zero-order valence-corrected chi connectivity index (χ0v) is 9.86. The van der Waals surface area contributed by atoms with Gasteiger partial charge in [-0.2, -0.15) is 0 Å². The van der Waals surface area contributed by atoms with Gasteiger partial charge in [-0.3, -0.25) is 0 Å². The van der Waals surface area contributed by atoms with E-state index in [9.17, 15) is 0 Å². The van der Waals surface area contributed by atoms with Gasteiger partial charge >= 0.3 is 0 Å². The van der Waals surface area contributed by atoms with Crippen LogP contribution in [0.1, 0.15) is 12.0 Å². The second kappa shape index (κ2) is 7.09. The quantitative estimate of drug-likeness (QED) is 0.568. The molecule has 0 aromatic heterocycles. The zero-order valence-electron chi connectivity index (χ0n) is 9.86. The van der Waals surface area contributed by atoms with Crippen molar-refractivity contribution in [3.05, 3.63) is 23.8 Å². The van der Waals surface area contributed by atoms with Gasteiger partial charge in [0.1, 0.15) is 5.75 Å². The van der Waals surface area contributed by atoms with Crippen LogP contribution in [-0.4, -0.2) is 27.4 Å². The highest BCUT2D eigenvalue weighted by molar-refractivity contribution is 5.47. The summed E-state index contributed by atoms with van der Waals surface area (Å²) in [7, 11) is 3.32. The molecule has 0 bridgehead atoms. The van der Waals surface area contributed by atoms with Crippen LogP contribution in [0.5, 0.6) is 5.75 Å². The molecule has 4 nitrogen and oxygen atoms in total. The van der Waals surface area contributed by atoms with Gasteiger partial charge in [-0.25, -0.2) is 0 Å². The normalized spacial score (nSPS) is 10.4. The standard InChI is InChI=1S/C12H19NO3/c1-14-6-3-7-16-9-10-8-11(13)4-5-12(10)15-2/h4-5,8H,3,6-7,9,13H2,1-2H3. The molecule has 0 radical (unpaired) electrons. The number of rotatable bonds is 7. The van der Waals surface area contributed by atoms with Gasteiger partial charge in [-0.15, -0.1) is 0 Å². The Hall–Kier alpha value is -1.26. The van der Waals surface area contributed by atoms with Crippen molar-refractivity contribution in [2.24, 2.45) is 0 Å². The molecule has 0 heterocycles. The predicted octanol–water partition coefficient (Wildman–Crippen LogP) is 1.83. The maximum Gasteiger partial charge on any atom is 0.124 e. The van der Waals surface area contributed by atoms with Crippen molar-refractivity contribution in [3.63, 3.8) is 0 Å². The van der Waals surface area contributed by atoms with E-state index in [0.29, 0.717) is 19.8 Å². The van der Waals surface area contributed by atoms with Crippen LogP contribution in [0.4, 0.5) is 5.69 Å². The molecule has 0 unspecified atom stereocenters. The smallest absolute Gasteiger partial charge is 0.124 e. The summed E-state index contributed by atoms with van der Waals surface area (Å²) in [6, 6.07) is 5.53. The summed E-state index contributed by atoms with van der Waals surface area (Å²) in [4.78, 5) is 0. The van der Waals surface area contributed by atoms with Gasteiger partial charge in [0.05, 0.1) is 13.7 Å². The summed E-state index contributed by atoms with van der Waals surface area (Å²) < 4.78 is 15.7. The third-order valence-electron chi connectivity index (χ3n) is 2.20. The molecular weight excluding hydrogens is 206 g/mol. The van der Waals surface area contributed by atoms with Crippen molar-refractivity contribution in [1.29, 1.82) is 0 Å². The van der Waals surface area contributed by atoms with Crippen molar-refractivity contribution in [2.45, 2.75) is 13.0 Å². The molecule has 0 atom stereocenters. The summed E-state index contributed by atoms with van der Waals surface area (Å²) in [6.07, 6.45) is 0.890. The van der Waals surface area contributed by atoms with E-state index in [1.807, 2.05) is 18.2 Å². The molecule has 0 saturated heterocycles. The van der Waals surface area contributed by atoms with E-state index >= 15 is 0 Å². The fourth-order valence-corrected chi connectivity index (χ4v) is 1.40. The van der Waals surface area contributed by atoms with Crippen LogP contribution in [0.15, 0.2) is 18.2 Å². The summed E-state index contributed by atoms with van der Waals surface area (Å²) in [5.41, 5.74) is 7.39. The molecule has 0 aliphatic carbocycles. The van der Waals surface area contributed by atoms with E-state index in [0.717, 1.165) is 23.4 Å². The number of methoxy groups -OCH3 is 2. The fourth-order valence-electron chi connectivity index (χ4n) is 1.40. The molecule has 0 aliphatic rings. The Morgan fingerprint density at radius 2 is 2.00 bits per heavy atom. The highest BCUT2D eigenvalue weighted by Gasteiger charge is 2.03. The highest BCUT2D eigenvalue weighted by Crippen LogP contribution is 2.21. The summed E-state index contributed by atoms with van der Waals surface area (Å²) >= 11 is 0. The second-order valence-electron chi connectivity index (χ2n) is 3.47. The predicted molar refractivity (Wildman–Crippen MR) is 63.6 cm³/mol. The van der Waals surface area contributed by atoms with Crippen molar-refractivity contribution in [1.82, 2.24) is 0 Å². The maximum absolute atomic E-state index is 5.70. The van der Waals surface area contributed by atoms with E-state index in [-0.39, 0.29) is 0 Å². The summed E-state index contributed by atoms with van der Waals surface area (Å²) in [6.45, 7) is 1.90. The van der Waals surface area contributed by atoms with Crippen LogP contribution < -0.4 is 10.5 Å². The SMILES string of the molecule is COCCCOCc1cc(N)ccc1OC. The molecule has 0 saturated carbocycles. The number of hydrogen-bond acceptors (Lipinski definition) is 4. The van der Waals surface area contributed by atoms with Crippen molar-refractivity contribution in [2.75, 3.05) is 33.2 Å². The first-order chi connectivity index (χ1) is 7.77. The molecule has 1 aromatic carbocycles. The first-order valence-electron chi connectivity index (χ1n) is 5.27. The van der Waals surface area contributed by atoms with Crippen LogP contribution in [0.2, 0.25) is 0 Å². The van der Waals surface area contributed by atoms with E-state index in [2.05, 4.69) is 0 Å². The topological polar surface area (TPSA) is 53.7 Å². The average Bonchev–Trinajstić information content (AvgIpc) is 2.29. The average molecular weight is 225 g/mol. The Morgan fingerprint density at radius 1 is 1.19 bits per heavy atom. The minimum atomic E-state index is 0.512. The third kappa shape index (κ3) is 4.08. The van der Waals surface area contributed by atoms with Gasteiger partial charge < -0.3 is 19.9 Å². The Labute approximate surface area is 96.3 Å². The molecule has 4 heteroatoms. The van der Waals surface area contributed by atoms with Crippen LogP contribution in [0.3, 0.4) is 0 Å². The minimum absolute atomic E-state index is 0.512. The molecule has 1 rings (SSSR count). The van der Waals surface area contributed by atoms with Gasteiger partial charge in [0.25, 0.3) is 0 Å². The Morgan fingerprint density at radius 3 is 2.69 bits per heavy atom.